The fraction of sp³-hybridized carbons (Fsp3) is 0.929. The molecule has 5 heteroatoms. The highest BCUT2D eigenvalue weighted by atomic mass is 16.5. The lowest BCUT2D eigenvalue weighted by Gasteiger charge is -2.38. The number of carbonyl (C=O) groups is 1. The van der Waals surface area contributed by atoms with Gasteiger partial charge in [-0.1, -0.05) is 13.8 Å². The zero-order valence-electron chi connectivity index (χ0n) is 13.0. The summed E-state index contributed by atoms with van der Waals surface area (Å²) in [6, 6.07) is 0.0747. The predicted octanol–water partition coefficient (Wildman–Crippen LogP) is 0.587. The molecule has 1 fully saturated rings. The summed E-state index contributed by atoms with van der Waals surface area (Å²) < 4.78 is 5.27. The van der Waals surface area contributed by atoms with Crippen molar-refractivity contribution < 1.29 is 9.53 Å². The van der Waals surface area contributed by atoms with E-state index in [0.29, 0.717) is 26.1 Å². The minimum atomic E-state index is -0.763. The zero-order valence-corrected chi connectivity index (χ0v) is 13.0. The monoisotopic (exact) mass is 271 g/mol. The van der Waals surface area contributed by atoms with Crippen LogP contribution in [0.1, 0.15) is 33.6 Å². The van der Waals surface area contributed by atoms with E-state index in [2.05, 4.69) is 24.1 Å². The molecule has 1 saturated heterocycles. The minimum Gasteiger partial charge on any atom is -0.381 e. The van der Waals surface area contributed by atoms with E-state index in [9.17, 15) is 4.79 Å². The van der Waals surface area contributed by atoms with Gasteiger partial charge in [0.05, 0.1) is 5.54 Å². The van der Waals surface area contributed by atoms with E-state index >= 15 is 0 Å². The first-order valence-corrected chi connectivity index (χ1v) is 7.00. The van der Waals surface area contributed by atoms with Gasteiger partial charge in [0, 0.05) is 25.8 Å². The molecule has 1 atom stereocenters. The van der Waals surface area contributed by atoms with Crippen LogP contribution in [0.4, 0.5) is 0 Å². The highest BCUT2D eigenvalue weighted by molar-refractivity contribution is 5.86. The Hall–Kier alpha value is -0.650. The van der Waals surface area contributed by atoms with E-state index in [0.717, 1.165) is 6.54 Å². The Morgan fingerprint density at radius 2 is 1.95 bits per heavy atom. The Labute approximate surface area is 116 Å². The van der Waals surface area contributed by atoms with E-state index < -0.39 is 5.54 Å². The molecule has 1 rings (SSSR count). The Morgan fingerprint density at radius 1 is 1.42 bits per heavy atom. The van der Waals surface area contributed by atoms with Gasteiger partial charge in [0.2, 0.25) is 5.91 Å². The van der Waals surface area contributed by atoms with Gasteiger partial charge in [-0.3, -0.25) is 4.79 Å². The van der Waals surface area contributed by atoms with Crippen LogP contribution in [0.3, 0.4) is 0 Å². The summed E-state index contributed by atoms with van der Waals surface area (Å²) in [4.78, 5) is 14.5. The third kappa shape index (κ3) is 4.44. The zero-order chi connectivity index (χ0) is 14.7. The molecule has 0 spiro atoms. The van der Waals surface area contributed by atoms with Crippen molar-refractivity contribution in [2.75, 3.05) is 33.9 Å². The molecule has 0 aromatic carbocycles. The Morgan fingerprint density at radius 3 is 2.42 bits per heavy atom. The van der Waals surface area contributed by atoms with Gasteiger partial charge in [0.25, 0.3) is 0 Å². The van der Waals surface area contributed by atoms with E-state index in [1.807, 2.05) is 21.0 Å². The number of nitrogens with one attached hydrogen (secondary N) is 1. The van der Waals surface area contributed by atoms with Gasteiger partial charge in [-0.15, -0.1) is 0 Å². The van der Waals surface area contributed by atoms with E-state index in [-0.39, 0.29) is 17.4 Å². The minimum absolute atomic E-state index is 0.000681. The van der Waals surface area contributed by atoms with Crippen molar-refractivity contribution in [2.24, 2.45) is 11.1 Å². The van der Waals surface area contributed by atoms with Crippen LogP contribution in [-0.2, 0) is 9.53 Å². The topological polar surface area (TPSA) is 67.6 Å². The van der Waals surface area contributed by atoms with Crippen molar-refractivity contribution in [2.45, 2.75) is 45.2 Å². The molecule has 5 nitrogen and oxygen atoms in total. The molecule has 1 unspecified atom stereocenters. The summed E-state index contributed by atoms with van der Waals surface area (Å²) in [6.07, 6.45) is 1.19. The van der Waals surface area contributed by atoms with Gasteiger partial charge in [-0.25, -0.2) is 0 Å². The average Bonchev–Trinajstić information content (AvgIpc) is 2.28. The van der Waals surface area contributed by atoms with Crippen LogP contribution in [-0.4, -0.2) is 56.2 Å². The molecule has 19 heavy (non-hydrogen) atoms. The maximum atomic E-state index is 12.4. The van der Waals surface area contributed by atoms with E-state index in [4.69, 9.17) is 10.5 Å². The van der Waals surface area contributed by atoms with Crippen LogP contribution < -0.4 is 11.1 Å². The summed E-state index contributed by atoms with van der Waals surface area (Å²) in [5, 5.41) is 3.09. The molecule has 0 bridgehead atoms. The van der Waals surface area contributed by atoms with Crippen LogP contribution in [0.5, 0.6) is 0 Å². The van der Waals surface area contributed by atoms with E-state index in [1.165, 1.54) is 0 Å². The van der Waals surface area contributed by atoms with Crippen LogP contribution in [0, 0.1) is 5.41 Å². The van der Waals surface area contributed by atoms with Crippen molar-refractivity contribution in [3.05, 3.63) is 0 Å². The van der Waals surface area contributed by atoms with Crippen molar-refractivity contribution in [1.82, 2.24) is 10.2 Å². The van der Waals surface area contributed by atoms with Crippen molar-refractivity contribution in [3.8, 4) is 0 Å². The first-order valence-electron chi connectivity index (χ1n) is 7.00. The van der Waals surface area contributed by atoms with Crippen LogP contribution in [0.15, 0.2) is 0 Å². The Balaban J connectivity index is 2.60. The van der Waals surface area contributed by atoms with Gasteiger partial charge in [-0.05, 0) is 39.3 Å². The fourth-order valence-corrected chi connectivity index (χ4v) is 2.45. The number of nitrogens with two attached hydrogens (primary N) is 1. The second-order valence-corrected chi connectivity index (χ2v) is 6.69. The lowest BCUT2D eigenvalue weighted by Crippen LogP contribution is -2.60. The lowest BCUT2D eigenvalue weighted by atomic mass is 9.83. The first-order chi connectivity index (χ1) is 8.67. The standard InChI is InChI=1S/C14H29N3O2/c1-11(13(2,3)10-17(4)5)16-12(18)14(15)6-8-19-9-7-14/h11H,6-10,15H2,1-5H3,(H,16,18). The Kier molecular flexibility index (Phi) is 5.35. The second kappa shape index (κ2) is 6.20. The lowest BCUT2D eigenvalue weighted by molar-refractivity contribution is -0.131. The molecule has 1 amide bonds. The summed E-state index contributed by atoms with van der Waals surface area (Å²) >= 11 is 0. The number of carbonyl (C=O) groups excluding carboxylic acids is 1. The first kappa shape index (κ1) is 16.4. The van der Waals surface area contributed by atoms with Crippen LogP contribution >= 0.6 is 0 Å². The number of hydrogen-bond donors (Lipinski definition) is 2. The molecular weight excluding hydrogens is 242 g/mol. The fourth-order valence-electron chi connectivity index (χ4n) is 2.45. The smallest absolute Gasteiger partial charge is 0.240 e. The van der Waals surface area contributed by atoms with Crippen LogP contribution in [0.2, 0.25) is 0 Å². The molecule has 1 heterocycles. The van der Waals surface area contributed by atoms with Gasteiger partial charge in [0.1, 0.15) is 0 Å². The molecule has 1 aliphatic rings. The highest BCUT2D eigenvalue weighted by Gasteiger charge is 2.38. The normalized spacial score (nSPS) is 21.2. The van der Waals surface area contributed by atoms with Gasteiger partial charge < -0.3 is 20.7 Å². The molecule has 112 valence electrons. The summed E-state index contributed by atoms with van der Waals surface area (Å²) in [5.74, 6) is -0.0462. The van der Waals surface area contributed by atoms with Gasteiger partial charge in [0.15, 0.2) is 0 Å². The SMILES string of the molecule is CC(NC(=O)C1(N)CCOCC1)C(C)(C)CN(C)C. The van der Waals surface area contributed by atoms with Crippen molar-refractivity contribution in [3.63, 3.8) is 0 Å². The van der Waals surface area contributed by atoms with Gasteiger partial charge >= 0.3 is 0 Å². The second-order valence-electron chi connectivity index (χ2n) is 6.69. The summed E-state index contributed by atoms with van der Waals surface area (Å²) in [5.41, 5.74) is 5.43. The molecule has 3 N–H and O–H groups in total. The number of ether oxygens (including phenoxy) is 1. The number of amides is 1. The molecule has 0 radical (unpaired) electrons. The molecule has 0 aliphatic carbocycles. The highest BCUT2D eigenvalue weighted by Crippen LogP contribution is 2.23. The Bertz CT molecular complexity index is 310. The molecule has 1 aliphatic heterocycles. The van der Waals surface area contributed by atoms with Crippen molar-refractivity contribution >= 4 is 5.91 Å². The summed E-state index contributed by atoms with van der Waals surface area (Å²) in [6.45, 7) is 8.41. The third-order valence-electron chi connectivity index (χ3n) is 4.08. The number of nitrogens with zero attached hydrogens (tertiary/aromatic N) is 1. The largest absolute Gasteiger partial charge is 0.381 e. The molecule has 0 saturated carbocycles. The average molecular weight is 271 g/mol. The molecule has 0 aromatic rings. The quantitative estimate of drug-likeness (QED) is 0.768. The maximum Gasteiger partial charge on any atom is 0.240 e. The number of rotatable bonds is 5. The molecule has 0 aromatic heterocycles. The number of hydrogen-bond acceptors (Lipinski definition) is 4. The predicted molar refractivity (Wildman–Crippen MR) is 76.9 cm³/mol. The summed E-state index contributed by atoms with van der Waals surface area (Å²) in [7, 11) is 4.08. The molecular formula is C14H29N3O2. The third-order valence-corrected chi connectivity index (χ3v) is 4.08. The van der Waals surface area contributed by atoms with Crippen LogP contribution in [0.25, 0.3) is 0 Å². The van der Waals surface area contributed by atoms with E-state index in [1.54, 1.807) is 0 Å². The maximum absolute atomic E-state index is 12.4. The van der Waals surface area contributed by atoms with Gasteiger partial charge in [-0.2, -0.15) is 0 Å². The van der Waals surface area contributed by atoms with Crippen molar-refractivity contribution in [1.29, 1.82) is 0 Å².